The zero-order valence-electron chi connectivity index (χ0n) is 13.2. The van der Waals surface area contributed by atoms with E-state index in [2.05, 4.69) is 48.5 Å². The molecule has 1 aliphatic carbocycles. The smallest absolute Gasteiger partial charge is 0.315 e. The molecule has 2 atom stereocenters. The molecule has 1 saturated carbocycles. The van der Waals surface area contributed by atoms with Crippen molar-refractivity contribution in [3.8, 4) is 0 Å². The maximum atomic E-state index is 5.65. The lowest BCUT2D eigenvalue weighted by atomic mass is 9.84. The van der Waals surface area contributed by atoms with Crippen molar-refractivity contribution in [1.82, 2.24) is 15.5 Å². The zero-order valence-corrected chi connectivity index (χ0v) is 13.2. The van der Waals surface area contributed by atoms with E-state index in [1.54, 1.807) is 0 Å². The first-order valence-corrected chi connectivity index (χ1v) is 7.80. The molecule has 2 N–H and O–H groups in total. The van der Waals surface area contributed by atoms with Crippen molar-refractivity contribution in [3.63, 3.8) is 0 Å². The molecular formula is C15H28N4O. The molecular weight excluding hydrogens is 252 g/mol. The van der Waals surface area contributed by atoms with Gasteiger partial charge in [-0.1, -0.05) is 31.3 Å². The summed E-state index contributed by atoms with van der Waals surface area (Å²) in [4.78, 5) is 0. The first kappa shape index (κ1) is 15.3. The van der Waals surface area contributed by atoms with E-state index in [-0.39, 0.29) is 5.54 Å². The molecule has 5 heteroatoms. The van der Waals surface area contributed by atoms with Gasteiger partial charge in [0.05, 0.1) is 6.54 Å². The summed E-state index contributed by atoms with van der Waals surface area (Å²) in [6.07, 6.45) is 6.34. The maximum absolute atomic E-state index is 5.65. The van der Waals surface area contributed by atoms with Crippen LogP contribution >= 0.6 is 0 Å². The molecule has 20 heavy (non-hydrogen) atoms. The molecule has 2 unspecified atom stereocenters. The summed E-state index contributed by atoms with van der Waals surface area (Å²) < 4.78 is 5.65. The number of anilines is 1. The highest BCUT2D eigenvalue weighted by Crippen LogP contribution is 2.28. The lowest BCUT2D eigenvalue weighted by Gasteiger charge is -2.28. The Kier molecular flexibility index (Phi) is 5.02. The van der Waals surface area contributed by atoms with Gasteiger partial charge in [0.2, 0.25) is 5.89 Å². The SMILES string of the molecule is CCC1CCCC(Nc2nnc(CNC(C)(C)C)o2)C1. The predicted molar refractivity (Wildman–Crippen MR) is 80.6 cm³/mol. The topological polar surface area (TPSA) is 63.0 Å². The van der Waals surface area contributed by atoms with E-state index >= 15 is 0 Å². The van der Waals surface area contributed by atoms with Gasteiger partial charge in [0.1, 0.15) is 0 Å². The summed E-state index contributed by atoms with van der Waals surface area (Å²) in [6.45, 7) is 9.25. The summed E-state index contributed by atoms with van der Waals surface area (Å²) in [5.74, 6) is 1.48. The van der Waals surface area contributed by atoms with Crippen molar-refractivity contribution in [2.75, 3.05) is 5.32 Å². The summed E-state index contributed by atoms with van der Waals surface area (Å²) in [7, 11) is 0. The van der Waals surface area contributed by atoms with Crippen molar-refractivity contribution in [2.45, 2.75) is 77.9 Å². The summed E-state index contributed by atoms with van der Waals surface area (Å²) >= 11 is 0. The van der Waals surface area contributed by atoms with Crippen molar-refractivity contribution in [2.24, 2.45) is 5.92 Å². The first-order chi connectivity index (χ1) is 9.46. The molecule has 0 bridgehead atoms. The largest absolute Gasteiger partial charge is 0.407 e. The van der Waals surface area contributed by atoms with Gasteiger partial charge in [-0.15, -0.1) is 5.10 Å². The highest BCUT2D eigenvalue weighted by molar-refractivity contribution is 5.19. The van der Waals surface area contributed by atoms with Crippen molar-refractivity contribution >= 4 is 6.01 Å². The van der Waals surface area contributed by atoms with E-state index in [1.807, 2.05) is 0 Å². The zero-order chi connectivity index (χ0) is 14.6. The van der Waals surface area contributed by atoms with Crippen LogP contribution in [0.15, 0.2) is 4.42 Å². The van der Waals surface area contributed by atoms with Crippen molar-refractivity contribution in [1.29, 1.82) is 0 Å². The Balaban J connectivity index is 1.83. The number of aromatic nitrogens is 2. The molecule has 0 aromatic carbocycles. The van der Waals surface area contributed by atoms with Gasteiger partial charge < -0.3 is 15.1 Å². The molecule has 1 aromatic heterocycles. The second kappa shape index (κ2) is 6.57. The molecule has 1 aliphatic rings. The molecule has 0 radical (unpaired) electrons. The van der Waals surface area contributed by atoms with E-state index in [1.165, 1.54) is 32.1 Å². The molecule has 2 rings (SSSR count). The van der Waals surface area contributed by atoms with Gasteiger partial charge in [0.15, 0.2) is 0 Å². The number of rotatable bonds is 5. The quantitative estimate of drug-likeness (QED) is 0.866. The van der Waals surface area contributed by atoms with Gasteiger partial charge in [0, 0.05) is 11.6 Å². The third-order valence-corrected chi connectivity index (χ3v) is 3.92. The Labute approximate surface area is 121 Å². The standard InChI is InChI=1S/C15H28N4O/c1-5-11-7-6-8-12(9-11)17-14-19-18-13(20-14)10-16-15(2,3)4/h11-12,16H,5-10H2,1-4H3,(H,17,19). The molecule has 0 amide bonds. The van der Waals surface area contributed by atoms with Crippen LogP contribution in [-0.2, 0) is 6.54 Å². The number of hydrogen-bond acceptors (Lipinski definition) is 5. The van der Waals surface area contributed by atoms with Crippen molar-refractivity contribution < 1.29 is 4.42 Å². The van der Waals surface area contributed by atoms with E-state index in [0.717, 1.165) is 5.92 Å². The third kappa shape index (κ3) is 4.78. The van der Waals surface area contributed by atoms with Crippen LogP contribution in [-0.4, -0.2) is 21.8 Å². The van der Waals surface area contributed by atoms with Crippen LogP contribution in [0.3, 0.4) is 0 Å². The van der Waals surface area contributed by atoms with Gasteiger partial charge in [0.25, 0.3) is 0 Å². The minimum Gasteiger partial charge on any atom is -0.407 e. The molecule has 114 valence electrons. The molecule has 1 fully saturated rings. The summed E-state index contributed by atoms with van der Waals surface area (Å²) in [5, 5.41) is 14.9. The van der Waals surface area contributed by atoms with Gasteiger partial charge in [-0.05, 0) is 39.5 Å². The summed E-state index contributed by atoms with van der Waals surface area (Å²) in [5.41, 5.74) is 0.0553. The Bertz CT molecular complexity index is 410. The van der Waals surface area contributed by atoms with E-state index in [4.69, 9.17) is 4.42 Å². The van der Waals surface area contributed by atoms with E-state index < -0.39 is 0 Å². The predicted octanol–water partition coefficient (Wildman–Crippen LogP) is 3.34. The van der Waals surface area contributed by atoms with Gasteiger partial charge in [-0.25, -0.2) is 0 Å². The lowest BCUT2D eigenvalue weighted by molar-refractivity contribution is 0.322. The maximum Gasteiger partial charge on any atom is 0.315 e. The lowest BCUT2D eigenvalue weighted by Crippen LogP contribution is -2.35. The van der Waals surface area contributed by atoms with Crippen molar-refractivity contribution in [3.05, 3.63) is 5.89 Å². The minimum atomic E-state index is 0.0553. The fourth-order valence-electron chi connectivity index (χ4n) is 2.69. The Morgan fingerprint density at radius 3 is 2.75 bits per heavy atom. The molecule has 0 aliphatic heterocycles. The third-order valence-electron chi connectivity index (χ3n) is 3.92. The van der Waals surface area contributed by atoms with Crippen LogP contribution in [0.5, 0.6) is 0 Å². The van der Waals surface area contributed by atoms with Crippen LogP contribution in [0, 0.1) is 5.92 Å². The van der Waals surface area contributed by atoms with Crippen LogP contribution in [0.25, 0.3) is 0 Å². The van der Waals surface area contributed by atoms with Crippen LogP contribution < -0.4 is 10.6 Å². The molecule has 5 nitrogen and oxygen atoms in total. The van der Waals surface area contributed by atoms with Gasteiger partial charge in [-0.2, -0.15) is 0 Å². The molecule has 0 saturated heterocycles. The van der Waals surface area contributed by atoms with E-state index in [9.17, 15) is 0 Å². The molecule has 0 spiro atoms. The highest BCUT2D eigenvalue weighted by Gasteiger charge is 2.22. The number of hydrogen-bond donors (Lipinski definition) is 2. The highest BCUT2D eigenvalue weighted by atomic mass is 16.4. The fraction of sp³-hybridized carbons (Fsp3) is 0.867. The number of nitrogens with zero attached hydrogens (tertiary/aromatic N) is 2. The molecule has 1 aromatic rings. The second-order valence-electron chi connectivity index (χ2n) is 6.89. The second-order valence-corrected chi connectivity index (χ2v) is 6.89. The first-order valence-electron chi connectivity index (χ1n) is 7.80. The monoisotopic (exact) mass is 280 g/mol. The number of nitrogens with one attached hydrogen (secondary N) is 2. The van der Waals surface area contributed by atoms with Gasteiger partial charge in [-0.3, -0.25) is 0 Å². The van der Waals surface area contributed by atoms with Gasteiger partial charge >= 0.3 is 6.01 Å². The van der Waals surface area contributed by atoms with E-state index in [0.29, 0.717) is 24.5 Å². The minimum absolute atomic E-state index is 0.0553. The Morgan fingerprint density at radius 2 is 2.05 bits per heavy atom. The molecule has 1 heterocycles. The van der Waals surface area contributed by atoms with Crippen LogP contribution in [0.2, 0.25) is 0 Å². The van der Waals surface area contributed by atoms with Crippen LogP contribution in [0.4, 0.5) is 6.01 Å². The Hall–Kier alpha value is -1.10. The normalized spacial score (nSPS) is 23.8. The van der Waals surface area contributed by atoms with Crippen LogP contribution in [0.1, 0.15) is 65.7 Å². The Morgan fingerprint density at radius 1 is 1.25 bits per heavy atom. The summed E-state index contributed by atoms with van der Waals surface area (Å²) in [6, 6.07) is 1.05. The fourth-order valence-corrected chi connectivity index (χ4v) is 2.69. The average Bonchev–Trinajstić information content (AvgIpc) is 2.83. The average molecular weight is 280 g/mol.